The first-order chi connectivity index (χ1) is 9.20. The van der Waals surface area contributed by atoms with Crippen molar-refractivity contribution in [2.45, 2.75) is 38.8 Å². The predicted molar refractivity (Wildman–Crippen MR) is 77.7 cm³/mol. The molecule has 0 radical (unpaired) electrons. The molecule has 106 valence electrons. The van der Waals surface area contributed by atoms with E-state index in [1.807, 2.05) is 12.1 Å². The third-order valence-electron chi connectivity index (χ3n) is 3.98. The third-order valence-corrected chi connectivity index (χ3v) is 3.98. The standard InChI is InChI=1S/C16H25NO2/c1-12(17-11-15-8-9-19-13(15)2)10-14-6-4-5-7-16(14)18-3/h4-7,12-13,15,17H,8-11H2,1-3H3. The largest absolute Gasteiger partial charge is 0.496 e. The molecule has 1 aliphatic heterocycles. The summed E-state index contributed by atoms with van der Waals surface area (Å²) in [5.74, 6) is 1.63. The van der Waals surface area contributed by atoms with Crippen LogP contribution in [0.2, 0.25) is 0 Å². The van der Waals surface area contributed by atoms with Crippen molar-refractivity contribution in [1.29, 1.82) is 0 Å². The molecule has 0 amide bonds. The van der Waals surface area contributed by atoms with Crippen LogP contribution < -0.4 is 10.1 Å². The van der Waals surface area contributed by atoms with Gasteiger partial charge in [-0.25, -0.2) is 0 Å². The highest BCUT2D eigenvalue weighted by molar-refractivity contribution is 5.33. The number of methoxy groups -OCH3 is 1. The van der Waals surface area contributed by atoms with Gasteiger partial charge in [-0.1, -0.05) is 18.2 Å². The van der Waals surface area contributed by atoms with Gasteiger partial charge in [0.2, 0.25) is 0 Å². The minimum absolute atomic E-state index is 0.394. The Morgan fingerprint density at radius 3 is 2.89 bits per heavy atom. The van der Waals surface area contributed by atoms with Crippen molar-refractivity contribution < 1.29 is 9.47 Å². The lowest BCUT2D eigenvalue weighted by atomic mass is 10.0. The van der Waals surface area contributed by atoms with E-state index in [1.54, 1.807) is 7.11 Å². The van der Waals surface area contributed by atoms with Crippen LogP contribution >= 0.6 is 0 Å². The normalized spacial score (nSPS) is 24.4. The average molecular weight is 263 g/mol. The summed E-state index contributed by atoms with van der Waals surface area (Å²) in [4.78, 5) is 0. The Morgan fingerprint density at radius 2 is 2.21 bits per heavy atom. The molecule has 1 N–H and O–H groups in total. The second-order valence-electron chi connectivity index (χ2n) is 5.45. The molecule has 1 aromatic carbocycles. The molecule has 19 heavy (non-hydrogen) atoms. The maximum absolute atomic E-state index is 5.59. The van der Waals surface area contributed by atoms with E-state index in [2.05, 4.69) is 31.3 Å². The van der Waals surface area contributed by atoms with Crippen molar-refractivity contribution in [2.75, 3.05) is 20.3 Å². The zero-order valence-corrected chi connectivity index (χ0v) is 12.2. The van der Waals surface area contributed by atoms with Crippen LogP contribution in [0.1, 0.15) is 25.8 Å². The zero-order chi connectivity index (χ0) is 13.7. The maximum atomic E-state index is 5.59. The summed E-state index contributed by atoms with van der Waals surface area (Å²) in [6.07, 6.45) is 2.56. The monoisotopic (exact) mass is 263 g/mol. The van der Waals surface area contributed by atoms with Crippen molar-refractivity contribution in [3.05, 3.63) is 29.8 Å². The minimum Gasteiger partial charge on any atom is -0.496 e. The number of rotatable bonds is 6. The summed E-state index contributed by atoms with van der Waals surface area (Å²) in [7, 11) is 1.73. The fourth-order valence-electron chi connectivity index (χ4n) is 2.67. The van der Waals surface area contributed by atoms with Gasteiger partial charge in [0.15, 0.2) is 0 Å². The zero-order valence-electron chi connectivity index (χ0n) is 12.2. The van der Waals surface area contributed by atoms with Crippen LogP contribution in [0.3, 0.4) is 0 Å². The number of para-hydroxylation sites is 1. The molecule has 0 aromatic heterocycles. The Labute approximate surface area is 116 Å². The average Bonchev–Trinajstić information content (AvgIpc) is 2.82. The van der Waals surface area contributed by atoms with E-state index in [1.165, 1.54) is 12.0 Å². The molecule has 1 saturated heterocycles. The van der Waals surface area contributed by atoms with Crippen molar-refractivity contribution in [3.8, 4) is 5.75 Å². The Hall–Kier alpha value is -1.06. The third kappa shape index (κ3) is 3.95. The molecular weight excluding hydrogens is 238 g/mol. The van der Waals surface area contributed by atoms with Gasteiger partial charge in [-0.05, 0) is 44.2 Å². The fraction of sp³-hybridized carbons (Fsp3) is 0.625. The molecule has 3 unspecified atom stereocenters. The van der Waals surface area contributed by atoms with Crippen LogP contribution in [0.25, 0.3) is 0 Å². The number of benzene rings is 1. The molecule has 1 aliphatic rings. The molecule has 0 spiro atoms. The quantitative estimate of drug-likeness (QED) is 0.856. The SMILES string of the molecule is COc1ccccc1CC(C)NCC1CCOC1C. The minimum atomic E-state index is 0.394. The summed E-state index contributed by atoms with van der Waals surface area (Å²) in [5, 5.41) is 3.62. The van der Waals surface area contributed by atoms with Gasteiger partial charge in [0, 0.05) is 19.2 Å². The Bertz CT molecular complexity index is 394. The van der Waals surface area contributed by atoms with Gasteiger partial charge in [-0.3, -0.25) is 0 Å². The first-order valence-corrected chi connectivity index (χ1v) is 7.17. The van der Waals surface area contributed by atoms with Gasteiger partial charge < -0.3 is 14.8 Å². The van der Waals surface area contributed by atoms with Gasteiger partial charge >= 0.3 is 0 Å². The fourth-order valence-corrected chi connectivity index (χ4v) is 2.67. The number of hydrogen-bond acceptors (Lipinski definition) is 3. The van der Waals surface area contributed by atoms with Gasteiger partial charge in [0.25, 0.3) is 0 Å². The van der Waals surface area contributed by atoms with Crippen LogP contribution in [0.5, 0.6) is 5.75 Å². The first kappa shape index (κ1) is 14.4. The van der Waals surface area contributed by atoms with E-state index >= 15 is 0 Å². The number of hydrogen-bond donors (Lipinski definition) is 1. The topological polar surface area (TPSA) is 30.5 Å². The highest BCUT2D eigenvalue weighted by Gasteiger charge is 2.24. The maximum Gasteiger partial charge on any atom is 0.122 e. The Balaban J connectivity index is 1.82. The predicted octanol–water partition coefficient (Wildman–Crippen LogP) is 2.64. The lowest BCUT2D eigenvalue weighted by Gasteiger charge is -2.20. The van der Waals surface area contributed by atoms with Gasteiger partial charge in [-0.2, -0.15) is 0 Å². The van der Waals surface area contributed by atoms with Crippen molar-refractivity contribution in [3.63, 3.8) is 0 Å². The second-order valence-corrected chi connectivity index (χ2v) is 5.45. The smallest absolute Gasteiger partial charge is 0.122 e. The van der Waals surface area contributed by atoms with Crippen LogP contribution in [0.4, 0.5) is 0 Å². The van der Waals surface area contributed by atoms with Crippen molar-refractivity contribution in [2.24, 2.45) is 5.92 Å². The lowest BCUT2D eigenvalue weighted by molar-refractivity contribution is 0.105. The van der Waals surface area contributed by atoms with E-state index in [0.29, 0.717) is 18.1 Å². The Morgan fingerprint density at radius 1 is 1.42 bits per heavy atom. The molecule has 2 rings (SSSR count). The van der Waals surface area contributed by atoms with Gasteiger partial charge in [0.05, 0.1) is 13.2 Å². The van der Waals surface area contributed by atoms with E-state index in [0.717, 1.165) is 25.3 Å². The molecule has 1 aromatic rings. The van der Waals surface area contributed by atoms with Crippen LogP contribution in [0, 0.1) is 5.92 Å². The molecule has 0 aliphatic carbocycles. The molecule has 1 fully saturated rings. The number of ether oxygens (including phenoxy) is 2. The first-order valence-electron chi connectivity index (χ1n) is 7.17. The summed E-state index contributed by atoms with van der Waals surface area (Å²) < 4.78 is 11.0. The molecule has 3 atom stereocenters. The molecule has 0 saturated carbocycles. The van der Waals surface area contributed by atoms with Gasteiger partial charge in [-0.15, -0.1) is 0 Å². The van der Waals surface area contributed by atoms with Crippen LogP contribution in [-0.4, -0.2) is 32.4 Å². The lowest BCUT2D eigenvalue weighted by Crippen LogP contribution is -2.34. The van der Waals surface area contributed by atoms with Crippen LogP contribution in [-0.2, 0) is 11.2 Å². The summed E-state index contributed by atoms with van der Waals surface area (Å²) in [6.45, 7) is 6.35. The van der Waals surface area contributed by atoms with Crippen molar-refractivity contribution in [1.82, 2.24) is 5.32 Å². The van der Waals surface area contributed by atoms with Gasteiger partial charge in [0.1, 0.15) is 5.75 Å². The molecule has 0 bridgehead atoms. The molecular formula is C16H25NO2. The summed E-state index contributed by atoms with van der Waals surface area (Å²) in [6, 6.07) is 8.69. The van der Waals surface area contributed by atoms with Crippen molar-refractivity contribution >= 4 is 0 Å². The van der Waals surface area contributed by atoms with Crippen LogP contribution in [0.15, 0.2) is 24.3 Å². The van der Waals surface area contributed by atoms with E-state index in [4.69, 9.17) is 9.47 Å². The van der Waals surface area contributed by atoms with E-state index < -0.39 is 0 Å². The molecule has 3 nitrogen and oxygen atoms in total. The summed E-state index contributed by atoms with van der Waals surface area (Å²) >= 11 is 0. The van der Waals surface area contributed by atoms with E-state index in [9.17, 15) is 0 Å². The second kappa shape index (κ2) is 6.92. The number of nitrogens with one attached hydrogen (secondary N) is 1. The Kier molecular flexibility index (Phi) is 5.23. The molecule has 1 heterocycles. The highest BCUT2D eigenvalue weighted by atomic mass is 16.5. The highest BCUT2D eigenvalue weighted by Crippen LogP contribution is 2.21. The van der Waals surface area contributed by atoms with E-state index in [-0.39, 0.29) is 0 Å². The summed E-state index contributed by atoms with van der Waals surface area (Å²) in [5.41, 5.74) is 1.26. The molecule has 3 heteroatoms.